The summed E-state index contributed by atoms with van der Waals surface area (Å²) in [6.07, 6.45) is 10.2. The predicted octanol–water partition coefficient (Wildman–Crippen LogP) is 5.31. The number of Topliss-reactive ketones (excluding diaryl/α,β-unsaturated/α-hetero) is 1. The average molecular weight is 529 g/mol. The first kappa shape index (κ1) is 27.5. The molecule has 6 heteroatoms. The first-order valence-electron chi connectivity index (χ1n) is 13.1. The van der Waals surface area contributed by atoms with Crippen LogP contribution in [0.25, 0.3) is 10.8 Å². The third-order valence-corrected chi connectivity index (χ3v) is 7.49. The maximum Gasteiger partial charge on any atom is 0.288 e. The minimum absolute atomic E-state index is 0.0695. The van der Waals surface area contributed by atoms with Crippen molar-refractivity contribution >= 4 is 38.4 Å². The Bertz CT molecular complexity index is 1410. The molecule has 0 heterocycles. The van der Waals surface area contributed by atoms with Crippen LogP contribution < -0.4 is 10.6 Å². The van der Waals surface area contributed by atoms with Crippen LogP contribution in [0, 0.1) is 11.2 Å². The van der Waals surface area contributed by atoms with Crippen LogP contribution in [0.15, 0.2) is 66.7 Å². The van der Waals surface area contributed by atoms with Crippen LogP contribution in [0.3, 0.4) is 0 Å². The van der Waals surface area contributed by atoms with E-state index in [4.69, 9.17) is 0 Å². The lowest BCUT2D eigenvalue weighted by molar-refractivity contribution is -0.137. The van der Waals surface area contributed by atoms with Gasteiger partial charge < -0.3 is 10.6 Å². The van der Waals surface area contributed by atoms with Gasteiger partial charge in [0, 0.05) is 12.0 Å². The van der Waals surface area contributed by atoms with E-state index < -0.39 is 21.7 Å². The average Bonchev–Trinajstić information content (AvgIpc) is 3.68. The maximum absolute atomic E-state index is 13.3. The summed E-state index contributed by atoms with van der Waals surface area (Å²) in [7, 11) is -0.951. The van der Waals surface area contributed by atoms with E-state index in [2.05, 4.69) is 70.9 Å². The number of rotatable bonds is 10. The van der Waals surface area contributed by atoms with E-state index in [1.54, 1.807) is 0 Å². The SMILES string of the molecule is CS(C)(C)C#CCNC(=O)C(=O)CCCCc1ccccc1C(=O)NC1(c2ccc3ccccc3c2)CC1. The molecule has 0 bridgehead atoms. The summed E-state index contributed by atoms with van der Waals surface area (Å²) in [6.45, 7) is 0.192. The van der Waals surface area contributed by atoms with Crippen LogP contribution in [-0.4, -0.2) is 42.9 Å². The molecule has 0 aromatic heterocycles. The van der Waals surface area contributed by atoms with Crippen molar-refractivity contribution in [2.75, 3.05) is 25.3 Å². The second-order valence-electron chi connectivity index (χ2n) is 10.7. The standard InChI is InChI=1S/C32H36N2O3S/c1-38(2,3)22-10-21-33-31(37)29(35)16-9-7-13-25-12-6-8-15-28(25)30(36)34-32(19-20-32)27-18-17-24-11-4-5-14-26(24)23-27/h4-6,8,11-12,14-15,17-18,23H,7,9,13,16,19-21H2,1-3H3,(H,33,37)(H,34,36). The van der Waals surface area contributed by atoms with Crippen LogP contribution in [0.4, 0.5) is 0 Å². The van der Waals surface area contributed by atoms with E-state index in [-0.39, 0.29) is 24.4 Å². The van der Waals surface area contributed by atoms with Crippen molar-refractivity contribution in [1.82, 2.24) is 10.6 Å². The second-order valence-corrected chi connectivity index (χ2v) is 14.6. The van der Waals surface area contributed by atoms with Gasteiger partial charge in [0.2, 0.25) is 5.78 Å². The highest BCUT2D eigenvalue weighted by molar-refractivity contribution is 8.35. The summed E-state index contributed by atoms with van der Waals surface area (Å²) in [5.41, 5.74) is 2.45. The molecule has 38 heavy (non-hydrogen) atoms. The van der Waals surface area contributed by atoms with E-state index in [0.29, 0.717) is 24.8 Å². The van der Waals surface area contributed by atoms with Crippen LogP contribution >= 0.6 is 10.0 Å². The first-order valence-corrected chi connectivity index (χ1v) is 15.9. The monoisotopic (exact) mass is 528 g/mol. The number of ketones is 1. The van der Waals surface area contributed by atoms with Gasteiger partial charge in [0.1, 0.15) is 0 Å². The Balaban J connectivity index is 1.30. The number of carbonyl (C=O) groups excluding carboxylic acids is 3. The lowest BCUT2D eigenvalue weighted by atomic mass is 9.97. The highest BCUT2D eigenvalue weighted by Gasteiger charge is 2.46. The minimum atomic E-state index is -0.951. The van der Waals surface area contributed by atoms with Gasteiger partial charge in [0.25, 0.3) is 11.8 Å². The predicted molar refractivity (Wildman–Crippen MR) is 157 cm³/mol. The van der Waals surface area contributed by atoms with Gasteiger partial charge in [-0.1, -0.05) is 65.8 Å². The number of benzene rings is 3. The van der Waals surface area contributed by atoms with Gasteiger partial charge in [-0.3, -0.25) is 14.4 Å². The number of carbonyl (C=O) groups is 3. The Labute approximate surface area is 227 Å². The molecule has 0 unspecified atom stereocenters. The number of nitrogens with one attached hydrogen (secondary N) is 2. The van der Waals surface area contributed by atoms with Gasteiger partial charge in [0.05, 0.1) is 12.1 Å². The molecule has 1 aliphatic rings. The topological polar surface area (TPSA) is 75.3 Å². The summed E-state index contributed by atoms with van der Waals surface area (Å²) in [5.74, 6) is 1.85. The van der Waals surface area contributed by atoms with Gasteiger partial charge in [-0.15, -0.1) is 0 Å². The molecule has 5 nitrogen and oxygen atoms in total. The molecular formula is C32H36N2O3S. The molecule has 1 saturated carbocycles. The summed E-state index contributed by atoms with van der Waals surface area (Å²) < 4.78 is 0. The Hall–Kier alpha value is -3.56. The lowest BCUT2D eigenvalue weighted by Gasteiger charge is -2.20. The van der Waals surface area contributed by atoms with E-state index >= 15 is 0 Å². The molecule has 0 aliphatic heterocycles. The van der Waals surface area contributed by atoms with E-state index in [9.17, 15) is 14.4 Å². The third-order valence-electron chi connectivity index (χ3n) is 6.74. The normalized spacial score (nSPS) is 14.2. The Morgan fingerprint density at radius 2 is 1.61 bits per heavy atom. The fraction of sp³-hybridized carbons (Fsp3) is 0.344. The van der Waals surface area contributed by atoms with Crippen LogP contribution in [-0.2, 0) is 21.5 Å². The third kappa shape index (κ3) is 7.26. The fourth-order valence-electron chi connectivity index (χ4n) is 4.53. The van der Waals surface area contributed by atoms with Crippen molar-refractivity contribution in [3.8, 4) is 11.2 Å². The highest BCUT2D eigenvalue weighted by Crippen LogP contribution is 2.46. The quantitative estimate of drug-likeness (QED) is 0.213. The van der Waals surface area contributed by atoms with Gasteiger partial charge in [-0.25, -0.2) is 0 Å². The number of amides is 2. The van der Waals surface area contributed by atoms with Gasteiger partial charge in [-0.05, 0) is 84.9 Å². The number of hydrogen-bond acceptors (Lipinski definition) is 3. The summed E-state index contributed by atoms with van der Waals surface area (Å²) in [5, 5.41) is 11.4. The molecule has 3 aromatic carbocycles. The van der Waals surface area contributed by atoms with Crippen LogP contribution in [0.5, 0.6) is 0 Å². The van der Waals surface area contributed by atoms with Crippen LogP contribution in [0.2, 0.25) is 0 Å². The lowest BCUT2D eigenvalue weighted by Crippen LogP contribution is -2.35. The summed E-state index contributed by atoms with van der Waals surface area (Å²) in [6, 6.07) is 22.3. The van der Waals surface area contributed by atoms with Crippen molar-refractivity contribution < 1.29 is 14.4 Å². The van der Waals surface area contributed by atoms with E-state index in [1.165, 1.54) is 10.8 Å². The molecule has 4 rings (SSSR count). The zero-order valence-electron chi connectivity index (χ0n) is 22.4. The molecule has 1 aliphatic carbocycles. The molecule has 0 radical (unpaired) electrons. The maximum atomic E-state index is 13.3. The largest absolute Gasteiger partial charge is 0.343 e. The van der Waals surface area contributed by atoms with Gasteiger partial charge >= 0.3 is 0 Å². The Kier molecular flexibility index (Phi) is 8.58. The smallest absolute Gasteiger partial charge is 0.288 e. The zero-order chi connectivity index (χ0) is 27.2. The molecule has 1 fully saturated rings. The molecule has 0 saturated heterocycles. The van der Waals surface area contributed by atoms with Crippen molar-refractivity contribution in [1.29, 1.82) is 0 Å². The molecular weight excluding hydrogens is 492 g/mol. The van der Waals surface area contributed by atoms with Gasteiger partial charge in [0.15, 0.2) is 0 Å². The second kappa shape index (κ2) is 11.9. The number of aryl methyl sites for hydroxylation is 1. The first-order chi connectivity index (χ1) is 18.2. The number of hydrogen-bond donors (Lipinski definition) is 2. The molecule has 2 N–H and O–H groups in total. The molecule has 2 amide bonds. The Morgan fingerprint density at radius 1 is 0.895 bits per heavy atom. The highest BCUT2D eigenvalue weighted by atomic mass is 32.3. The number of fused-ring (bicyclic) bond motifs is 1. The number of unbranched alkanes of at least 4 members (excludes halogenated alkanes) is 1. The molecule has 0 atom stereocenters. The van der Waals surface area contributed by atoms with Crippen molar-refractivity contribution in [2.24, 2.45) is 0 Å². The van der Waals surface area contributed by atoms with Crippen molar-refractivity contribution in [3.05, 3.63) is 83.4 Å². The summed E-state index contributed by atoms with van der Waals surface area (Å²) in [4.78, 5) is 37.6. The fourth-order valence-corrected chi connectivity index (χ4v) is 5.04. The molecule has 0 spiro atoms. The zero-order valence-corrected chi connectivity index (χ0v) is 23.3. The Morgan fingerprint density at radius 3 is 2.34 bits per heavy atom. The molecule has 3 aromatic rings. The minimum Gasteiger partial charge on any atom is -0.343 e. The molecule has 198 valence electrons. The van der Waals surface area contributed by atoms with Crippen molar-refractivity contribution in [3.63, 3.8) is 0 Å². The van der Waals surface area contributed by atoms with Crippen molar-refractivity contribution in [2.45, 2.75) is 44.1 Å². The van der Waals surface area contributed by atoms with E-state index in [1.807, 2.05) is 36.4 Å². The van der Waals surface area contributed by atoms with E-state index in [0.717, 1.165) is 24.0 Å². The summed E-state index contributed by atoms with van der Waals surface area (Å²) >= 11 is 0. The van der Waals surface area contributed by atoms with Crippen LogP contribution in [0.1, 0.15) is 53.6 Å². The van der Waals surface area contributed by atoms with Gasteiger partial charge in [-0.2, -0.15) is 10.0 Å².